The van der Waals surface area contributed by atoms with Gasteiger partial charge in [0.05, 0.1) is 11.4 Å². The average Bonchev–Trinajstić information content (AvgIpc) is 2.59. The Morgan fingerprint density at radius 3 is 2.56 bits per heavy atom. The van der Waals surface area contributed by atoms with Gasteiger partial charge in [-0.05, 0) is 50.3 Å². The highest BCUT2D eigenvalue weighted by Crippen LogP contribution is 2.18. The summed E-state index contributed by atoms with van der Waals surface area (Å²) in [4.78, 5) is 6.90. The van der Waals surface area contributed by atoms with Gasteiger partial charge >= 0.3 is 0 Å². The summed E-state index contributed by atoms with van der Waals surface area (Å²) in [5.41, 5.74) is 7.05. The Labute approximate surface area is 151 Å². The van der Waals surface area contributed by atoms with Crippen molar-refractivity contribution in [2.24, 2.45) is 16.6 Å². The van der Waals surface area contributed by atoms with Gasteiger partial charge in [-0.15, -0.1) is 0 Å². The molecular weight excluding hydrogens is 336 g/mol. The number of hydrogen-bond acceptors (Lipinski definition) is 3. The molecule has 1 aromatic carbocycles. The van der Waals surface area contributed by atoms with E-state index in [4.69, 9.17) is 5.73 Å². The van der Waals surface area contributed by atoms with E-state index < -0.39 is 10.0 Å². The maximum atomic E-state index is 12.5. The van der Waals surface area contributed by atoms with Crippen LogP contribution >= 0.6 is 0 Å². The van der Waals surface area contributed by atoms with Crippen LogP contribution in [0.25, 0.3) is 0 Å². The summed E-state index contributed by atoms with van der Waals surface area (Å²) in [7, 11) is -1.85. The molecular formula is C18H30N4O2S. The van der Waals surface area contributed by atoms with Crippen LogP contribution in [0.3, 0.4) is 0 Å². The highest BCUT2D eigenvalue weighted by Gasteiger charge is 2.22. The first-order chi connectivity index (χ1) is 11.7. The number of hydrogen-bond donors (Lipinski definition) is 1. The second kappa shape index (κ2) is 8.19. The molecule has 25 heavy (non-hydrogen) atoms. The number of sulfonamides is 1. The minimum atomic E-state index is -3.44. The van der Waals surface area contributed by atoms with Crippen molar-refractivity contribution in [2.45, 2.75) is 51.1 Å². The van der Waals surface area contributed by atoms with E-state index in [-0.39, 0.29) is 6.04 Å². The summed E-state index contributed by atoms with van der Waals surface area (Å²) in [6, 6.07) is 6.80. The smallest absolute Gasteiger partial charge is 0.243 e. The van der Waals surface area contributed by atoms with E-state index in [0.717, 1.165) is 25.1 Å². The predicted octanol–water partition coefficient (Wildman–Crippen LogP) is 2.26. The highest BCUT2D eigenvalue weighted by atomic mass is 32.2. The SMILES string of the molecule is CC1CCCN(C(N)=NCc2ccc(S(=O)(=O)N(C)C(C)C)cc2)C1. The van der Waals surface area contributed by atoms with Crippen molar-refractivity contribution >= 4 is 16.0 Å². The van der Waals surface area contributed by atoms with Crippen LogP contribution in [-0.2, 0) is 16.6 Å². The van der Waals surface area contributed by atoms with Gasteiger partial charge in [-0.2, -0.15) is 4.31 Å². The zero-order valence-electron chi connectivity index (χ0n) is 15.6. The van der Waals surface area contributed by atoms with E-state index in [1.807, 2.05) is 13.8 Å². The highest BCUT2D eigenvalue weighted by molar-refractivity contribution is 7.89. The molecule has 6 nitrogen and oxygen atoms in total. The van der Waals surface area contributed by atoms with Gasteiger partial charge in [0.1, 0.15) is 0 Å². The summed E-state index contributed by atoms with van der Waals surface area (Å²) in [5.74, 6) is 1.22. The van der Waals surface area contributed by atoms with E-state index >= 15 is 0 Å². The van der Waals surface area contributed by atoms with Gasteiger partial charge in [0, 0.05) is 26.2 Å². The van der Waals surface area contributed by atoms with Crippen LogP contribution in [0.1, 0.15) is 39.2 Å². The predicted molar refractivity (Wildman–Crippen MR) is 102 cm³/mol. The third-order valence-electron chi connectivity index (χ3n) is 4.73. The fourth-order valence-corrected chi connectivity index (χ4v) is 4.25. The normalized spacial score (nSPS) is 19.7. The molecule has 1 saturated heterocycles. The van der Waals surface area contributed by atoms with Gasteiger partial charge in [0.2, 0.25) is 10.0 Å². The maximum Gasteiger partial charge on any atom is 0.243 e. The fraction of sp³-hybridized carbons (Fsp3) is 0.611. The largest absolute Gasteiger partial charge is 0.370 e. The monoisotopic (exact) mass is 366 g/mol. The number of nitrogens with two attached hydrogens (primary N) is 1. The second-order valence-electron chi connectivity index (χ2n) is 7.13. The molecule has 2 N–H and O–H groups in total. The Balaban J connectivity index is 2.04. The Morgan fingerprint density at radius 1 is 1.36 bits per heavy atom. The number of nitrogens with zero attached hydrogens (tertiary/aromatic N) is 3. The van der Waals surface area contributed by atoms with Gasteiger partial charge < -0.3 is 10.6 Å². The molecule has 1 heterocycles. The zero-order chi connectivity index (χ0) is 18.6. The number of likely N-dealkylation sites (tertiary alicyclic amines) is 1. The van der Waals surface area contributed by atoms with Crippen molar-refractivity contribution < 1.29 is 8.42 Å². The second-order valence-corrected chi connectivity index (χ2v) is 9.12. The van der Waals surface area contributed by atoms with Crippen LogP contribution in [0.15, 0.2) is 34.2 Å². The number of piperidine rings is 1. The zero-order valence-corrected chi connectivity index (χ0v) is 16.5. The molecule has 7 heteroatoms. The molecule has 0 aromatic heterocycles. The Morgan fingerprint density at radius 2 is 2.00 bits per heavy atom. The van der Waals surface area contributed by atoms with E-state index in [2.05, 4.69) is 16.8 Å². The third-order valence-corrected chi connectivity index (χ3v) is 6.78. The van der Waals surface area contributed by atoms with Crippen molar-refractivity contribution in [3.63, 3.8) is 0 Å². The van der Waals surface area contributed by atoms with E-state index in [1.165, 1.54) is 10.7 Å². The van der Waals surface area contributed by atoms with Crippen molar-refractivity contribution in [1.82, 2.24) is 9.21 Å². The number of guanidine groups is 1. The Kier molecular flexibility index (Phi) is 6.46. The molecule has 140 valence electrons. The van der Waals surface area contributed by atoms with Gasteiger partial charge in [-0.1, -0.05) is 19.1 Å². The third kappa shape index (κ3) is 4.95. The van der Waals surface area contributed by atoms with Crippen LogP contribution in [0.5, 0.6) is 0 Å². The first kappa shape index (κ1) is 19.7. The molecule has 1 aromatic rings. The van der Waals surface area contributed by atoms with Crippen LogP contribution in [0.2, 0.25) is 0 Å². The van der Waals surface area contributed by atoms with Crippen LogP contribution in [-0.4, -0.2) is 49.8 Å². The van der Waals surface area contributed by atoms with Crippen molar-refractivity contribution in [3.8, 4) is 0 Å². The summed E-state index contributed by atoms with van der Waals surface area (Å²) >= 11 is 0. The molecule has 0 aliphatic carbocycles. The van der Waals surface area contributed by atoms with Gasteiger partial charge in [-0.25, -0.2) is 13.4 Å². The van der Waals surface area contributed by atoms with E-state index in [9.17, 15) is 8.42 Å². The van der Waals surface area contributed by atoms with Gasteiger partial charge in [0.25, 0.3) is 0 Å². The summed E-state index contributed by atoms with van der Waals surface area (Å²) in [6.45, 7) is 8.30. The summed E-state index contributed by atoms with van der Waals surface area (Å²) in [6.07, 6.45) is 2.39. The lowest BCUT2D eigenvalue weighted by Crippen LogP contribution is -2.43. The molecule has 1 fully saturated rings. The molecule has 2 rings (SSSR count). The lowest BCUT2D eigenvalue weighted by atomic mass is 10.0. The first-order valence-corrected chi connectivity index (χ1v) is 10.3. The quantitative estimate of drug-likeness (QED) is 0.640. The number of rotatable bonds is 5. The molecule has 0 saturated carbocycles. The average molecular weight is 367 g/mol. The molecule has 0 spiro atoms. The molecule has 1 atom stereocenters. The molecule has 1 aliphatic heterocycles. The van der Waals surface area contributed by atoms with Crippen molar-refractivity contribution in [3.05, 3.63) is 29.8 Å². The fourth-order valence-electron chi connectivity index (χ4n) is 2.88. The molecule has 0 amide bonds. The molecule has 0 bridgehead atoms. The minimum Gasteiger partial charge on any atom is -0.370 e. The Bertz CT molecular complexity index is 698. The number of aliphatic imine (C=N–C) groups is 1. The standard InChI is InChI=1S/C18H30N4O2S/c1-14(2)21(4)25(23,24)17-9-7-16(8-10-17)12-20-18(19)22-11-5-6-15(3)13-22/h7-10,14-15H,5-6,11-13H2,1-4H3,(H2,19,20). The van der Waals surface area contributed by atoms with E-state index in [1.54, 1.807) is 31.3 Å². The summed E-state index contributed by atoms with van der Waals surface area (Å²) < 4.78 is 26.3. The molecule has 1 unspecified atom stereocenters. The minimum absolute atomic E-state index is 0.0824. The van der Waals surface area contributed by atoms with Crippen LogP contribution in [0, 0.1) is 5.92 Å². The molecule has 0 radical (unpaired) electrons. The Hall–Kier alpha value is -1.60. The van der Waals surface area contributed by atoms with Crippen molar-refractivity contribution in [2.75, 3.05) is 20.1 Å². The molecule has 1 aliphatic rings. The lowest BCUT2D eigenvalue weighted by Gasteiger charge is -2.31. The lowest BCUT2D eigenvalue weighted by molar-refractivity contribution is 0.270. The summed E-state index contributed by atoms with van der Waals surface area (Å²) in [5, 5.41) is 0. The van der Waals surface area contributed by atoms with Gasteiger partial charge in [-0.3, -0.25) is 0 Å². The van der Waals surface area contributed by atoms with Crippen LogP contribution in [0.4, 0.5) is 0 Å². The van der Waals surface area contributed by atoms with E-state index in [0.29, 0.717) is 23.3 Å². The maximum absolute atomic E-state index is 12.5. The van der Waals surface area contributed by atoms with Crippen molar-refractivity contribution in [1.29, 1.82) is 0 Å². The van der Waals surface area contributed by atoms with Gasteiger partial charge in [0.15, 0.2) is 5.96 Å². The van der Waals surface area contributed by atoms with Crippen LogP contribution < -0.4 is 5.73 Å². The number of benzene rings is 1. The topological polar surface area (TPSA) is 79.0 Å². The first-order valence-electron chi connectivity index (χ1n) is 8.83.